The van der Waals surface area contributed by atoms with Gasteiger partial charge in [0.05, 0.1) is 11.3 Å². The SMILES string of the molecule is C[C@H]1Oc2ccc(NC(=O)c3ccccc3Br)cc2N(C)C1=O. The van der Waals surface area contributed by atoms with Crippen LogP contribution in [0.1, 0.15) is 17.3 Å². The van der Waals surface area contributed by atoms with E-state index in [-0.39, 0.29) is 11.8 Å². The molecule has 0 aromatic heterocycles. The lowest BCUT2D eigenvalue weighted by atomic mass is 10.1. The largest absolute Gasteiger partial charge is 0.479 e. The second kappa shape index (κ2) is 6.04. The number of carbonyl (C=O) groups excluding carboxylic acids is 2. The summed E-state index contributed by atoms with van der Waals surface area (Å²) in [4.78, 5) is 25.9. The second-order valence-corrected chi connectivity index (χ2v) is 6.13. The summed E-state index contributed by atoms with van der Waals surface area (Å²) in [7, 11) is 1.69. The van der Waals surface area contributed by atoms with E-state index < -0.39 is 6.10 Å². The summed E-state index contributed by atoms with van der Waals surface area (Å²) in [5.74, 6) is 0.279. The number of nitrogens with one attached hydrogen (secondary N) is 1. The molecule has 6 heteroatoms. The number of hydrogen-bond donors (Lipinski definition) is 1. The number of benzene rings is 2. The maximum absolute atomic E-state index is 12.3. The average Bonchev–Trinajstić information content (AvgIpc) is 2.54. The van der Waals surface area contributed by atoms with Crippen molar-refractivity contribution in [2.45, 2.75) is 13.0 Å². The zero-order valence-electron chi connectivity index (χ0n) is 12.7. The summed E-state index contributed by atoms with van der Waals surface area (Å²) in [6.45, 7) is 1.71. The van der Waals surface area contributed by atoms with Gasteiger partial charge in [0, 0.05) is 17.2 Å². The minimum Gasteiger partial charge on any atom is -0.479 e. The molecule has 1 aliphatic heterocycles. The molecule has 0 radical (unpaired) electrons. The molecule has 1 N–H and O–H groups in total. The van der Waals surface area contributed by atoms with Gasteiger partial charge >= 0.3 is 0 Å². The van der Waals surface area contributed by atoms with Crippen LogP contribution in [0.15, 0.2) is 46.9 Å². The number of amides is 2. The van der Waals surface area contributed by atoms with E-state index >= 15 is 0 Å². The van der Waals surface area contributed by atoms with Crippen LogP contribution < -0.4 is 15.0 Å². The molecular weight excluding hydrogens is 360 g/mol. The minimum absolute atomic E-state index is 0.119. The van der Waals surface area contributed by atoms with Crippen molar-refractivity contribution in [1.29, 1.82) is 0 Å². The van der Waals surface area contributed by atoms with Crippen LogP contribution in [0.25, 0.3) is 0 Å². The number of nitrogens with zero attached hydrogens (tertiary/aromatic N) is 1. The third-order valence-electron chi connectivity index (χ3n) is 3.68. The maximum atomic E-state index is 12.3. The van der Waals surface area contributed by atoms with Crippen molar-refractivity contribution in [3.63, 3.8) is 0 Å². The molecule has 2 amide bonds. The highest BCUT2D eigenvalue weighted by atomic mass is 79.9. The molecule has 118 valence electrons. The summed E-state index contributed by atoms with van der Waals surface area (Å²) in [5.41, 5.74) is 1.78. The molecule has 1 aliphatic rings. The molecule has 1 atom stereocenters. The maximum Gasteiger partial charge on any atom is 0.267 e. The molecule has 0 saturated heterocycles. The molecule has 0 fully saturated rings. The van der Waals surface area contributed by atoms with Crippen LogP contribution in [-0.2, 0) is 4.79 Å². The van der Waals surface area contributed by atoms with E-state index in [4.69, 9.17) is 4.74 Å². The fraction of sp³-hybridized carbons (Fsp3) is 0.176. The number of anilines is 2. The average molecular weight is 375 g/mol. The van der Waals surface area contributed by atoms with E-state index in [0.29, 0.717) is 22.7 Å². The van der Waals surface area contributed by atoms with Crippen molar-refractivity contribution in [2.24, 2.45) is 0 Å². The predicted molar refractivity (Wildman–Crippen MR) is 92.0 cm³/mol. The van der Waals surface area contributed by atoms with E-state index in [1.165, 1.54) is 4.90 Å². The van der Waals surface area contributed by atoms with Crippen LogP contribution in [0.2, 0.25) is 0 Å². The molecule has 0 bridgehead atoms. The van der Waals surface area contributed by atoms with Crippen molar-refractivity contribution < 1.29 is 14.3 Å². The fourth-order valence-corrected chi connectivity index (χ4v) is 2.90. The molecule has 2 aromatic carbocycles. The van der Waals surface area contributed by atoms with E-state index in [9.17, 15) is 9.59 Å². The van der Waals surface area contributed by atoms with Crippen molar-refractivity contribution in [2.75, 3.05) is 17.3 Å². The summed E-state index contributed by atoms with van der Waals surface area (Å²) in [6, 6.07) is 12.4. The van der Waals surface area contributed by atoms with E-state index in [0.717, 1.165) is 4.47 Å². The Morgan fingerprint density at radius 2 is 2.00 bits per heavy atom. The van der Waals surface area contributed by atoms with Crippen LogP contribution in [0, 0.1) is 0 Å². The number of likely N-dealkylation sites (N-methyl/N-ethyl adjacent to an activating group) is 1. The lowest BCUT2D eigenvalue weighted by Crippen LogP contribution is -2.41. The van der Waals surface area contributed by atoms with Crippen molar-refractivity contribution in [3.8, 4) is 5.75 Å². The highest BCUT2D eigenvalue weighted by molar-refractivity contribution is 9.10. The first kappa shape index (κ1) is 15.6. The van der Waals surface area contributed by atoms with Gasteiger partial charge in [-0.15, -0.1) is 0 Å². The minimum atomic E-state index is -0.506. The van der Waals surface area contributed by atoms with Gasteiger partial charge in [-0.3, -0.25) is 9.59 Å². The molecule has 0 saturated carbocycles. The van der Waals surface area contributed by atoms with Crippen LogP contribution in [0.4, 0.5) is 11.4 Å². The van der Waals surface area contributed by atoms with Crippen LogP contribution >= 0.6 is 15.9 Å². The molecule has 0 aliphatic carbocycles. The van der Waals surface area contributed by atoms with Gasteiger partial charge in [0.15, 0.2) is 6.10 Å². The standard InChI is InChI=1S/C17H15BrN2O3/c1-10-17(22)20(2)14-9-11(7-8-15(14)23-10)19-16(21)12-5-3-4-6-13(12)18/h3-10H,1-2H3,(H,19,21)/t10-/m1/s1. The molecule has 0 unspecified atom stereocenters. The highest BCUT2D eigenvalue weighted by Crippen LogP contribution is 2.35. The second-order valence-electron chi connectivity index (χ2n) is 5.27. The first-order chi connectivity index (χ1) is 11.0. The Labute approximate surface area is 142 Å². The lowest BCUT2D eigenvalue weighted by Gasteiger charge is -2.30. The Bertz CT molecular complexity index is 791. The quantitative estimate of drug-likeness (QED) is 0.875. The Morgan fingerprint density at radius 3 is 2.74 bits per heavy atom. The molecule has 2 aromatic rings. The van der Waals surface area contributed by atoms with Crippen molar-refractivity contribution >= 4 is 39.1 Å². The summed E-state index contributed by atoms with van der Waals surface area (Å²) >= 11 is 3.36. The van der Waals surface area contributed by atoms with E-state index in [2.05, 4.69) is 21.2 Å². The van der Waals surface area contributed by atoms with Gasteiger partial charge in [-0.25, -0.2) is 0 Å². The van der Waals surface area contributed by atoms with Crippen LogP contribution in [0.5, 0.6) is 5.75 Å². The number of rotatable bonds is 2. The van der Waals surface area contributed by atoms with Crippen molar-refractivity contribution in [1.82, 2.24) is 0 Å². The third kappa shape index (κ3) is 2.94. The highest BCUT2D eigenvalue weighted by Gasteiger charge is 2.29. The topological polar surface area (TPSA) is 58.6 Å². The van der Waals surface area contributed by atoms with Crippen LogP contribution in [0.3, 0.4) is 0 Å². The molecule has 5 nitrogen and oxygen atoms in total. The fourth-order valence-electron chi connectivity index (χ4n) is 2.43. The van der Waals surface area contributed by atoms with Gasteiger partial charge in [0.25, 0.3) is 11.8 Å². The lowest BCUT2D eigenvalue weighted by molar-refractivity contribution is -0.125. The first-order valence-corrected chi connectivity index (χ1v) is 7.91. The first-order valence-electron chi connectivity index (χ1n) is 7.11. The third-order valence-corrected chi connectivity index (χ3v) is 4.37. The van der Waals surface area contributed by atoms with Gasteiger partial charge in [-0.2, -0.15) is 0 Å². The van der Waals surface area contributed by atoms with Gasteiger partial charge in [-0.1, -0.05) is 12.1 Å². The van der Waals surface area contributed by atoms with Crippen molar-refractivity contribution in [3.05, 3.63) is 52.5 Å². The zero-order chi connectivity index (χ0) is 16.6. The summed E-state index contributed by atoms with van der Waals surface area (Å²) < 4.78 is 6.29. The molecule has 3 rings (SSSR count). The van der Waals surface area contributed by atoms with E-state index in [1.54, 1.807) is 44.3 Å². The summed E-state index contributed by atoms with van der Waals surface area (Å²) in [5, 5.41) is 2.83. The van der Waals surface area contributed by atoms with Crippen LogP contribution in [-0.4, -0.2) is 25.0 Å². The number of hydrogen-bond acceptors (Lipinski definition) is 3. The van der Waals surface area contributed by atoms with E-state index in [1.807, 2.05) is 12.1 Å². The number of ether oxygens (including phenoxy) is 1. The smallest absolute Gasteiger partial charge is 0.267 e. The van der Waals surface area contributed by atoms with Gasteiger partial charge in [0.1, 0.15) is 5.75 Å². The number of halogens is 1. The zero-order valence-corrected chi connectivity index (χ0v) is 14.3. The normalized spacial score (nSPS) is 16.6. The number of carbonyl (C=O) groups is 2. The van der Waals surface area contributed by atoms with Gasteiger partial charge in [0.2, 0.25) is 0 Å². The Morgan fingerprint density at radius 1 is 1.26 bits per heavy atom. The predicted octanol–water partition coefficient (Wildman–Crippen LogP) is 3.45. The number of fused-ring (bicyclic) bond motifs is 1. The van der Waals surface area contributed by atoms with Gasteiger partial charge in [-0.05, 0) is 53.2 Å². The summed E-state index contributed by atoms with van der Waals surface area (Å²) in [6.07, 6.45) is -0.506. The molecule has 0 spiro atoms. The molecule has 1 heterocycles. The molecule has 23 heavy (non-hydrogen) atoms. The Balaban J connectivity index is 1.87. The Hall–Kier alpha value is -2.34. The Kier molecular flexibility index (Phi) is 4.09. The molecular formula is C17H15BrN2O3. The monoisotopic (exact) mass is 374 g/mol. The van der Waals surface area contributed by atoms with Gasteiger partial charge < -0.3 is 15.0 Å².